The summed E-state index contributed by atoms with van der Waals surface area (Å²) in [7, 11) is 0. The SMILES string of the molecule is O=C1C(=O)N(Cc2ccnc(Cl)c2)c2ccc(F)cc21. The smallest absolute Gasteiger partial charge is 0.299 e. The zero-order valence-electron chi connectivity index (χ0n) is 10.1. The van der Waals surface area contributed by atoms with Gasteiger partial charge in [0.15, 0.2) is 0 Å². The molecule has 1 aromatic carbocycles. The predicted octanol–water partition coefficient (Wildman–Crippen LogP) is 2.60. The van der Waals surface area contributed by atoms with Crippen LogP contribution in [0, 0.1) is 5.82 Å². The second-order valence-electron chi connectivity index (χ2n) is 4.37. The van der Waals surface area contributed by atoms with Gasteiger partial charge in [-0.2, -0.15) is 0 Å². The summed E-state index contributed by atoms with van der Waals surface area (Å²) in [6, 6.07) is 7.04. The van der Waals surface area contributed by atoms with Crippen LogP contribution in [0.25, 0.3) is 0 Å². The molecule has 0 spiro atoms. The molecule has 0 fully saturated rings. The summed E-state index contributed by atoms with van der Waals surface area (Å²) in [4.78, 5) is 28.9. The van der Waals surface area contributed by atoms with E-state index in [9.17, 15) is 14.0 Å². The molecule has 6 heteroatoms. The number of carbonyl (C=O) groups is 2. The van der Waals surface area contributed by atoms with Crippen LogP contribution in [0.15, 0.2) is 36.5 Å². The van der Waals surface area contributed by atoms with Crippen LogP contribution in [0.5, 0.6) is 0 Å². The Morgan fingerprint density at radius 2 is 2.00 bits per heavy atom. The third kappa shape index (κ3) is 2.06. The van der Waals surface area contributed by atoms with E-state index in [-0.39, 0.29) is 12.1 Å². The lowest BCUT2D eigenvalue weighted by atomic mass is 10.1. The first-order chi connectivity index (χ1) is 9.56. The Bertz CT molecular complexity index is 733. The van der Waals surface area contributed by atoms with Crippen molar-refractivity contribution >= 4 is 29.0 Å². The summed E-state index contributed by atoms with van der Waals surface area (Å²) in [5.74, 6) is -1.91. The number of amides is 1. The minimum Gasteiger partial charge on any atom is -0.300 e. The van der Waals surface area contributed by atoms with Gasteiger partial charge in [0.25, 0.3) is 11.7 Å². The number of fused-ring (bicyclic) bond motifs is 1. The Balaban J connectivity index is 1.99. The Morgan fingerprint density at radius 1 is 1.20 bits per heavy atom. The molecule has 0 unspecified atom stereocenters. The minimum absolute atomic E-state index is 0.0927. The second kappa shape index (κ2) is 4.68. The normalized spacial score (nSPS) is 13.8. The average molecular weight is 291 g/mol. The van der Waals surface area contributed by atoms with Crippen molar-refractivity contribution in [1.29, 1.82) is 0 Å². The Kier molecular flexibility index (Phi) is 2.99. The summed E-state index contributed by atoms with van der Waals surface area (Å²) >= 11 is 5.79. The first kappa shape index (κ1) is 12.7. The summed E-state index contributed by atoms with van der Waals surface area (Å²) in [6.45, 7) is 0.186. The number of benzene rings is 1. The van der Waals surface area contributed by atoms with Crippen LogP contribution in [0.2, 0.25) is 5.15 Å². The number of pyridine rings is 1. The Hall–Kier alpha value is -2.27. The van der Waals surface area contributed by atoms with Crippen molar-refractivity contribution in [3.05, 3.63) is 58.6 Å². The fraction of sp³-hybridized carbons (Fsp3) is 0.0714. The zero-order valence-corrected chi connectivity index (χ0v) is 10.9. The number of Topliss-reactive ketones (excluding diaryl/α,β-unsaturated/α-hetero) is 1. The lowest BCUT2D eigenvalue weighted by Crippen LogP contribution is -2.29. The van der Waals surface area contributed by atoms with Gasteiger partial charge in [0.2, 0.25) is 0 Å². The molecular formula is C14H8ClFN2O2. The molecule has 4 nitrogen and oxygen atoms in total. The predicted molar refractivity (Wildman–Crippen MR) is 71.2 cm³/mol. The number of carbonyl (C=O) groups excluding carboxylic acids is 2. The minimum atomic E-state index is -0.695. The van der Waals surface area contributed by atoms with Crippen molar-refractivity contribution in [2.45, 2.75) is 6.54 Å². The molecule has 100 valence electrons. The number of hydrogen-bond acceptors (Lipinski definition) is 3. The molecule has 0 N–H and O–H groups in total. The van der Waals surface area contributed by atoms with Crippen LogP contribution >= 0.6 is 11.6 Å². The van der Waals surface area contributed by atoms with Crippen LogP contribution in [-0.4, -0.2) is 16.7 Å². The highest BCUT2D eigenvalue weighted by atomic mass is 35.5. The first-order valence-electron chi connectivity index (χ1n) is 5.82. The molecule has 0 saturated carbocycles. The number of ketones is 1. The van der Waals surface area contributed by atoms with E-state index in [4.69, 9.17) is 11.6 Å². The number of anilines is 1. The van der Waals surface area contributed by atoms with E-state index in [0.717, 1.165) is 11.6 Å². The van der Waals surface area contributed by atoms with Crippen molar-refractivity contribution in [1.82, 2.24) is 4.98 Å². The van der Waals surface area contributed by atoms with Crippen LogP contribution in [-0.2, 0) is 11.3 Å². The van der Waals surface area contributed by atoms with E-state index < -0.39 is 17.5 Å². The third-order valence-corrected chi connectivity index (χ3v) is 3.27. The molecule has 3 rings (SSSR count). The first-order valence-corrected chi connectivity index (χ1v) is 6.20. The highest BCUT2D eigenvalue weighted by Gasteiger charge is 2.35. The quantitative estimate of drug-likeness (QED) is 0.631. The summed E-state index contributed by atoms with van der Waals surface area (Å²) in [5, 5.41) is 0.305. The van der Waals surface area contributed by atoms with Crippen LogP contribution < -0.4 is 4.90 Å². The molecule has 1 aliphatic heterocycles. The number of halogens is 2. The van der Waals surface area contributed by atoms with E-state index in [1.54, 1.807) is 12.1 Å². The lowest BCUT2D eigenvalue weighted by molar-refractivity contribution is -0.114. The second-order valence-corrected chi connectivity index (χ2v) is 4.76. The van der Waals surface area contributed by atoms with Gasteiger partial charge in [-0.05, 0) is 35.9 Å². The molecule has 0 radical (unpaired) electrons. The van der Waals surface area contributed by atoms with Crippen molar-refractivity contribution in [2.75, 3.05) is 4.90 Å². The summed E-state index contributed by atoms with van der Waals surface area (Å²) in [5.41, 5.74) is 1.24. The largest absolute Gasteiger partial charge is 0.300 e. The molecule has 0 saturated heterocycles. The maximum absolute atomic E-state index is 13.2. The van der Waals surface area contributed by atoms with Gasteiger partial charge in [-0.1, -0.05) is 11.6 Å². The van der Waals surface area contributed by atoms with Crippen molar-refractivity contribution in [2.24, 2.45) is 0 Å². The molecule has 1 amide bonds. The van der Waals surface area contributed by atoms with E-state index >= 15 is 0 Å². The van der Waals surface area contributed by atoms with Crippen LogP contribution in [0.3, 0.4) is 0 Å². The number of aromatic nitrogens is 1. The lowest BCUT2D eigenvalue weighted by Gasteiger charge is -2.16. The maximum Gasteiger partial charge on any atom is 0.299 e. The maximum atomic E-state index is 13.2. The zero-order chi connectivity index (χ0) is 14.3. The fourth-order valence-corrected chi connectivity index (χ4v) is 2.35. The molecule has 1 aliphatic rings. The molecule has 2 aromatic rings. The van der Waals surface area contributed by atoms with Gasteiger partial charge in [0.1, 0.15) is 11.0 Å². The van der Waals surface area contributed by atoms with E-state index in [2.05, 4.69) is 4.98 Å². The van der Waals surface area contributed by atoms with Crippen LogP contribution in [0.1, 0.15) is 15.9 Å². The molecule has 20 heavy (non-hydrogen) atoms. The highest BCUT2D eigenvalue weighted by Crippen LogP contribution is 2.30. The van der Waals surface area contributed by atoms with Gasteiger partial charge in [0, 0.05) is 6.20 Å². The van der Waals surface area contributed by atoms with Crippen molar-refractivity contribution in [3.8, 4) is 0 Å². The van der Waals surface area contributed by atoms with Crippen molar-refractivity contribution in [3.63, 3.8) is 0 Å². The van der Waals surface area contributed by atoms with Gasteiger partial charge >= 0.3 is 0 Å². The van der Waals surface area contributed by atoms with Gasteiger partial charge in [-0.15, -0.1) is 0 Å². The van der Waals surface area contributed by atoms with Gasteiger partial charge in [0.05, 0.1) is 17.8 Å². The third-order valence-electron chi connectivity index (χ3n) is 3.07. The number of hydrogen-bond donors (Lipinski definition) is 0. The number of nitrogens with zero attached hydrogens (tertiary/aromatic N) is 2. The standard InChI is InChI=1S/C14H8ClFN2O2/c15-12-5-8(3-4-17-12)7-18-11-2-1-9(16)6-10(11)13(19)14(18)20/h1-6H,7H2. The summed E-state index contributed by atoms with van der Waals surface area (Å²) in [6.07, 6.45) is 1.52. The molecule has 1 aromatic heterocycles. The molecule has 0 bridgehead atoms. The fourth-order valence-electron chi connectivity index (χ4n) is 2.15. The number of rotatable bonds is 2. The van der Waals surface area contributed by atoms with Gasteiger partial charge < -0.3 is 4.90 Å². The Morgan fingerprint density at radius 3 is 2.75 bits per heavy atom. The molecule has 2 heterocycles. The van der Waals surface area contributed by atoms with Gasteiger partial charge in [-0.25, -0.2) is 9.37 Å². The molecule has 0 atom stereocenters. The highest BCUT2D eigenvalue weighted by molar-refractivity contribution is 6.52. The van der Waals surface area contributed by atoms with Crippen molar-refractivity contribution < 1.29 is 14.0 Å². The Labute approximate surface area is 118 Å². The van der Waals surface area contributed by atoms with E-state index in [0.29, 0.717) is 10.8 Å². The molecular weight excluding hydrogens is 283 g/mol. The molecule has 0 aliphatic carbocycles. The van der Waals surface area contributed by atoms with Gasteiger partial charge in [-0.3, -0.25) is 9.59 Å². The van der Waals surface area contributed by atoms with E-state index in [1.165, 1.54) is 23.2 Å². The van der Waals surface area contributed by atoms with E-state index in [1.807, 2.05) is 0 Å². The average Bonchev–Trinajstić information content (AvgIpc) is 2.64. The summed E-state index contributed by atoms with van der Waals surface area (Å²) < 4.78 is 13.2. The topological polar surface area (TPSA) is 50.3 Å². The monoisotopic (exact) mass is 290 g/mol. The van der Waals surface area contributed by atoms with Crippen LogP contribution in [0.4, 0.5) is 10.1 Å².